The molecule has 0 spiro atoms. The quantitative estimate of drug-likeness (QED) is 0.603. The molecule has 0 unspecified atom stereocenters. The second kappa shape index (κ2) is 8.40. The average Bonchev–Trinajstić information content (AvgIpc) is 3.13. The molecule has 2 aromatic carbocycles. The Morgan fingerprint density at radius 3 is 2.57 bits per heavy atom. The molecule has 5 heteroatoms. The number of piperidine rings is 1. The van der Waals surface area contributed by atoms with Crippen LogP contribution < -0.4 is 4.74 Å². The number of hydrogen-bond donors (Lipinski definition) is 0. The molecule has 0 bridgehead atoms. The molecule has 144 valence electrons. The number of carbonyl (C=O) groups excluding carboxylic acids is 1. The van der Waals surface area contributed by atoms with Crippen molar-refractivity contribution in [2.24, 2.45) is 13.0 Å². The van der Waals surface area contributed by atoms with Crippen LogP contribution >= 0.6 is 0 Å². The number of rotatable bonds is 6. The summed E-state index contributed by atoms with van der Waals surface area (Å²) < 4.78 is 7.64. The van der Waals surface area contributed by atoms with Crippen molar-refractivity contribution < 1.29 is 9.53 Å². The number of likely N-dealkylation sites (tertiary alicyclic amines) is 1. The van der Waals surface area contributed by atoms with E-state index >= 15 is 0 Å². The third kappa shape index (κ3) is 4.49. The van der Waals surface area contributed by atoms with Crippen molar-refractivity contribution in [1.82, 2.24) is 14.7 Å². The summed E-state index contributed by atoms with van der Waals surface area (Å²) in [5.74, 6) is 1.80. The maximum absolute atomic E-state index is 13.0. The second-order valence-electron chi connectivity index (χ2n) is 7.40. The van der Waals surface area contributed by atoms with Crippen LogP contribution in [0.25, 0.3) is 0 Å². The van der Waals surface area contributed by atoms with Crippen molar-refractivity contribution in [3.63, 3.8) is 0 Å². The van der Waals surface area contributed by atoms with E-state index in [0.717, 1.165) is 49.5 Å². The number of aromatic nitrogens is 2. The summed E-state index contributed by atoms with van der Waals surface area (Å²) in [6.45, 7) is 2.68. The number of ketones is 1. The highest BCUT2D eigenvalue weighted by atomic mass is 16.5. The average molecular weight is 375 g/mol. The number of carbonyl (C=O) groups is 1. The highest BCUT2D eigenvalue weighted by Crippen LogP contribution is 2.25. The molecule has 2 heterocycles. The van der Waals surface area contributed by atoms with Gasteiger partial charge in [0, 0.05) is 43.4 Å². The van der Waals surface area contributed by atoms with Gasteiger partial charge in [0.15, 0.2) is 5.78 Å². The van der Waals surface area contributed by atoms with Gasteiger partial charge in [0.1, 0.15) is 11.5 Å². The summed E-state index contributed by atoms with van der Waals surface area (Å²) >= 11 is 0. The van der Waals surface area contributed by atoms with E-state index in [1.807, 2.05) is 78.7 Å². The van der Waals surface area contributed by atoms with Gasteiger partial charge in [-0.15, -0.1) is 0 Å². The number of aryl methyl sites for hydroxylation is 1. The van der Waals surface area contributed by atoms with E-state index in [9.17, 15) is 4.79 Å². The maximum atomic E-state index is 13.0. The standard InChI is InChI=1S/C23H25N3O2/c1-25-15-18(14-24-25)16-26-13-5-6-20(17-26)23(27)19-9-11-22(12-10-19)28-21-7-3-2-4-8-21/h2-4,7-12,14-15,20H,5-6,13,16-17H2,1H3/t20-/m1/s1. The first kappa shape index (κ1) is 18.4. The first-order valence-electron chi connectivity index (χ1n) is 9.74. The van der Waals surface area contributed by atoms with E-state index in [1.165, 1.54) is 5.56 Å². The molecule has 1 fully saturated rings. The fourth-order valence-electron chi connectivity index (χ4n) is 3.77. The summed E-state index contributed by atoms with van der Waals surface area (Å²) in [4.78, 5) is 15.3. The third-order valence-electron chi connectivity index (χ3n) is 5.16. The normalized spacial score (nSPS) is 17.4. The van der Waals surface area contributed by atoms with Crippen molar-refractivity contribution in [3.8, 4) is 11.5 Å². The zero-order valence-electron chi connectivity index (χ0n) is 16.1. The van der Waals surface area contributed by atoms with Gasteiger partial charge in [-0.1, -0.05) is 18.2 Å². The molecule has 1 aliphatic rings. The molecule has 28 heavy (non-hydrogen) atoms. The monoisotopic (exact) mass is 375 g/mol. The van der Waals surface area contributed by atoms with Crippen LogP contribution in [0.15, 0.2) is 67.0 Å². The molecule has 1 atom stereocenters. The lowest BCUT2D eigenvalue weighted by Gasteiger charge is -2.31. The van der Waals surface area contributed by atoms with E-state index in [-0.39, 0.29) is 11.7 Å². The fourth-order valence-corrected chi connectivity index (χ4v) is 3.77. The lowest BCUT2D eigenvalue weighted by Crippen LogP contribution is -2.38. The van der Waals surface area contributed by atoms with Gasteiger partial charge in [-0.2, -0.15) is 5.10 Å². The molecule has 0 aliphatic carbocycles. The molecule has 1 aliphatic heterocycles. The molecular weight excluding hydrogens is 350 g/mol. The Morgan fingerprint density at radius 1 is 1.11 bits per heavy atom. The van der Waals surface area contributed by atoms with Crippen molar-refractivity contribution in [2.75, 3.05) is 13.1 Å². The van der Waals surface area contributed by atoms with Crippen molar-refractivity contribution in [1.29, 1.82) is 0 Å². The first-order chi connectivity index (χ1) is 13.7. The first-order valence-corrected chi connectivity index (χ1v) is 9.74. The predicted octanol–water partition coefficient (Wildman–Crippen LogP) is 4.31. The summed E-state index contributed by atoms with van der Waals surface area (Å²) in [6, 6.07) is 17.2. The van der Waals surface area contributed by atoms with Gasteiger partial charge < -0.3 is 4.74 Å². The molecule has 3 aromatic rings. The molecule has 5 nitrogen and oxygen atoms in total. The van der Waals surface area contributed by atoms with E-state index in [2.05, 4.69) is 10.00 Å². The van der Waals surface area contributed by atoms with Crippen LogP contribution in [0, 0.1) is 5.92 Å². The van der Waals surface area contributed by atoms with Gasteiger partial charge in [-0.3, -0.25) is 14.4 Å². The van der Waals surface area contributed by atoms with Gasteiger partial charge in [-0.25, -0.2) is 0 Å². The van der Waals surface area contributed by atoms with E-state index in [4.69, 9.17) is 4.74 Å². The Kier molecular flexibility index (Phi) is 5.53. The topological polar surface area (TPSA) is 47.4 Å². The molecule has 0 N–H and O–H groups in total. The number of benzene rings is 2. The highest BCUT2D eigenvalue weighted by Gasteiger charge is 2.26. The largest absolute Gasteiger partial charge is 0.457 e. The number of para-hydroxylation sites is 1. The van der Waals surface area contributed by atoms with Crippen LogP contribution in [0.4, 0.5) is 0 Å². The Morgan fingerprint density at radius 2 is 1.86 bits per heavy atom. The number of nitrogens with zero attached hydrogens (tertiary/aromatic N) is 3. The number of ether oxygens (including phenoxy) is 1. The zero-order chi connectivity index (χ0) is 19.3. The van der Waals surface area contributed by atoms with Crippen LogP contribution in [0.1, 0.15) is 28.8 Å². The summed E-state index contributed by atoms with van der Waals surface area (Å²) in [7, 11) is 1.93. The lowest BCUT2D eigenvalue weighted by atomic mass is 9.90. The minimum Gasteiger partial charge on any atom is -0.457 e. The zero-order valence-corrected chi connectivity index (χ0v) is 16.1. The molecule has 0 radical (unpaired) electrons. The van der Waals surface area contributed by atoms with Crippen LogP contribution in [0.5, 0.6) is 11.5 Å². The molecule has 0 saturated carbocycles. The van der Waals surface area contributed by atoms with Gasteiger partial charge in [0.05, 0.1) is 6.20 Å². The third-order valence-corrected chi connectivity index (χ3v) is 5.16. The molecule has 0 amide bonds. The predicted molar refractivity (Wildman–Crippen MR) is 108 cm³/mol. The Balaban J connectivity index is 1.37. The van der Waals surface area contributed by atoms with Crippen LogP contribution in [-0.2, 0) is 13.6 Å². The smallest absolute Gasteiger partial charge is 0.167 e. The summed E-state index contributed by atoms with van der Waals surface area (Å²) in [6.07, 6.45) is 5.93. The van der Waals surface area contributed by atoms with Crippen molar-refractivity contribution in [2.45, 2.75) is 19.4 Å². The number of hydrogen-bond acceptors (Lipinski definition) is 4. The second-order valence-corrected chi connectivity index (χ2v) is 7.40. The van der Waals surface area contributed by atoms with E-state index in [1.54, 1.807) is 0 Å². The minimum atomic E-state index is 0.0475. The Labute approximate surface area is 165 Å². The summed E-state index contributed by atoms with van der Waals surface area (Å²) in [5.41, 5.74) is 1.95. The van der Waals surface area contributed by atoms with E-state index in [0.29, 0.717) is 0 Å². The summed E-state index contributed by atoms with van der Waals surface area (Å²) in [5, 5.41) is 4.23. The lowest BCUT2D eigenvalue weighted by molar-refractivity contribution is 0.0811. The highest BCUT2D eigenvalue weighted by molar-refractivity contribution is 5.98. The van der Waals surface area contributed by atoms with Crippen LogP contribution in [0.2, 0.25) is 0 Å². The van der Waals surface area contributed by atoms with Crippen molar-refractivity contribution >= 4 is 5.78 Å². The molecular formula is C23H25N3O2. The van der Waals surface area contributed by atoms with Crippen molar-refractivity contribution in [3.05, 3.63) is 78.1 Å². The molecule has 1 aromatic heterocycles. The van der Waals surface area contributed by atoms with E-state index < -0.39 is 0 Å². The number of Topliss-reactive ketones (excluding diaryl/α,β-unsaturated/α-hetero) is 1. The van der Waals surface area contributed by atoms with Gasteiger partial charge in [-0.05, 0) is 55.8 Å². The van der Waals surface area contributed by atoms with Gasteiger partial charge in [0.25, 0.3) is 0 Å². The van der Waals surface area contributed by atoms with Gasteiger partial charge in [0.2, 0.25) is 0 Å². The van der Waals surface area contributed by atoms with Gasteiger partial charge >= 0.3 is 0 Å². The fraction of sp³-hybridized carbons (Fsp3) is 0.304. The molecule has 1 saturated heterocycles. The van der Waals surface area contributed by atoms with Crippen LogP contribution in [0.3, 0.4) is 0 Å². The Hall–Kier alpha value is -2.92. The minimum absolute atomic E-state index is 0.0475. The molecule has 4 rings (SSSR count). The Bertz CT molecular complexity index is 919. The van der Waals surface area contributed by atoms with Crippen LogP contribution in [-0.4, -0.2) is 33.6 Å². The SMILES string of the molecule is Cn1cc(CN2CCC[C@@H](C(=O)c3ccc(Oc4ccccc4)cc3)C2)cn1. The maximum Gasteiger partial charge on any atom is 0.167 e.